The number of amides is 1. The molecule has 1 atom stereocenters. The van der Waals surface area contributed by atoms with Gasteiger partial charge >= 0.3 is 0 Å². The van der Waals surface area contributed by atoms with Crippen LogP contribution in [0.15, 0.2) is 0 Å². The average Bonchev–Trinajstić information content (AvgIpc) is 2.10. The van der Waals surface area contributed by atoms with E-state index in [2.05, 4.69) is 24.1 Å². The zero-order valence-corrected chi connectivity index (χ0v) is 11.1. The van der Waals surface area contributed by atoms with Crippen LogP contribution < -0.4 is 11.1 Å². The smallest absolute Gasteiger partial charge is 0.237 e. The molecule has 0 saturated carbocycles. The van der Waals surface area contributed by atoms with E-state index in [1.807, 2.05) is 20.8 Å². The van der Waals surface area contributed by atoms with Gasteiger partial charge in [-0.05, 0) is 26.7 Å². The summed E-state index contributed by atoms with van der Waals surface area (Å²) in [5, 5.41) is 2.93. The highest BCUT2D eigenvalue weighted by Gasteiger charge is 2.44. The van der Waals surface area contributed by atoms with E-state index in [1.165, 1.54) is 0 Å². The standard InChI is InChI=1S/C12H25N3O/c1-8(2)12(13)6-15(7-12)10(5)11(16)14-9(3)4/h8-10H,6-7,13H2,1-5H3,(H,14,16). The van der Waals surface area contributed by atoms with Crippen LogP contribution in [0.5, 0.6) is 0 Å². The van der Waals surface area contributed by atoms with E-state index in [0.29, 0.717) is 5.92 Å². The molecule has 3 N–H and O–H groups in total. The van der Waals surface area contributed by atoms with Crippen molar-refractivity contribution in [3.63, 3.8) is 0 Å². The lowest BCUT2D eigenvalue weighted by Gasteiger charge is -2.52. The van der Waals surface area contributed by atoms with Crippen LogP contribution in [0, 0.1) is 5.92 Å². The summed E-state index contributed by atoms with van der Waals surface area (Å²) in [5.41, 5.74) is 6.10. The maximum absolute atomic E-state index is 11.8. The van der Waals surface area contributed by atoms with Gasteiger partial charge in [-0.2, -0.15) is 0 Å². The van der Waals surface area contributed by atoms with Gasteiger partial charge in [0, 0.05) is 24.7 Å². The van der Waals surface area contributed by atoms with E-state index in [-0.39, 0.29) is 23.5 Å². The Balaban J connectivity index is 2.42. The summed E-state index contributed by atoms with van der Waals surface area (Å²) in [4.78, 5) is 13.9. The van der Waals surface area contributed by atoms with Crippen LogP contribution in [0.4, 0.5) is 0 Å². The van der Waals surface area contributed by atoms with Gasteiger partial charge in [0.15, 0.2) is 0 Å². The Morgan fingerprint density at radius 1 is 1.25 bits per heavy atom. The molecule has 94 valence electrons. The number of likely N-dealkylation sites (tertiary alicyclic amines) is 1. The molecule has 4 heteroatoms. The SMILES string of the molecule is CC(C)NC(=O)C(C)N1CC(N)(C(C)C)C1. The van der Waals surface area contributed by atoms with Gasteiger partial charge in [0.05, 0.1) is 6.04 Å². The first-order chi connectivity index (χ1) is 7.26. The van der Waals surface area contributed by atoms with E-state index in [4.69, 9.17) is 5.73 Å². The van der Waals surface area contributed by atoms with Gasteiger partial charge < -0.3 is 11.1 Å². The van der Waals surface area contributed by atoms with Gasteiger partial charge in [-0.3, -0.25) is 9.69 Å². The molecule has 0 aromatic heterocycles. The molecule has 1 saturated heterocycles. The summed E-state index contributed by atoms with van der Waals surface area (Å²) in [7, 11) is 0. The van der Waals surface area contributed by atoms with Crippen molar-refractivity contribution in [3.8, 4) is 0 Å². The van der Waals surface area contributed by atoms with Gasteiger partial charge in [0.2, 0.25) is 5.91 Å². The van der Waals surface area contributed by atoms with Crippen LogP contribution in [0.25, 0.3) is 0 Å². The molecule has 1 fully saturated rings. The molecule has 1 heterocycles. The predicted octanol–water partition coefficient (Wildman–Crippen LogP) is 0.569. The van der Waals surface area contributed by atoms with Crippen molar-refractivity contribution in [3.05, 3.63) is 0 Å². The van der Waals surface area contributed by atoms with Crippen molar-refractivity contribution >= 4 is 5.91 Å². The number of carbonyl (C=O) groups excluding carboxylic acids is 1. The molecule has 1 amide bonds. The quantitative estimate of drug-likeness (QED) is 0.738. The lowest BCUT2D eigenvalue weighted by molar-refractivity contribution is -0.130. The van der Waals surface area contributed by atoms with Crippen molar-refractivity contribution in [2.45, 2.75) is 52.2 Å². The Kier molecular flexibility index (Phi) is 3.97. The largest absolute Gasteiger partial charge is 0.353 e. The maximum atomic E-state index is 11.8. The first-order valence-electron chi connectivity index (χ1n) is 6.09. The van der Waals surface area contributed by atoms with E-state index >= 15 is 0 Å². The highest BCUT2D eigenvalue weighted by Crippen LogP contribution is 2.27. The normalized spacial score (nSPS) is 22.0. The zero-order valence-electron chi connectivity index (χ0n) is 11.1. The van der Waals surface area contributed by atoms with Crippen LogP contribution in [0.3, 0.4) is 0 Å². The van der Waals surface area contributed by atoms with Gasteiger partial charge in [-0.1, -0.05) is 13.8 Å². The summed E-state index contributed by atoms with van der Waals surface area (Å²) in [6, 6.07) is 0.127. The summed E-state index contributed by atoms with van der Waals surface area (Å²) < 4.78 is 0. The number of hydrogen-bond donors (Lipinski definition) is 2. The van der Waals surface area contributed by atoms with Gasteiger partial charge in [-0.25, -0.2) is 0 Å². The predicted molar refractivity (Wildman–Crippen MR) is 66.1 cm³/mol. The maximum Gasteiger partial charge on any atom is 0.237 e. The van der Waals surface area contributed by atoms with Gasteiger partial charge in [0.1, 0.15) is 0 Å². The second kappa shape index (κ2) is 4.72. The molecule has 0 aromatic rings. The Morgan fingerprint density at radius 2 is 1.75 bits per heavy atom. The molecule has 0 aliphatic carbocycles. The van der Waals surface area contributed by atoms with Crippen LogP contribution >= 0.6 is 0 Å². The van der Waals surface area contributed by atoms with Crippen LogP contribution in [0.2, 0.25) is 0 Å². The van der Waals surface area contributed by atoms with Crippen molar-refractivity contribution in [2.24, 2.45) is 11.7 Å². The van der Waals surface area contributed by atoms with Crippen molar-refractivity contribution in [1.82, 2.24) is 10.2 Å². The molecule has 1 aliphatic heterocycles. The highest BCUT2D eigenvalue weighted by molar-refractivity contribution is 5.81. The number of hydrogen-bond acceptors (Lipinski definition) is 3. The summed E-state index contributed by atoms with van der Waals surface area (Å²) >= 11 is 0. The third-order valence-electron chi connectivity index (χ3n) is 3.50. The molecule has 0 aromatic carbocycles. The summed E-state index contributed by atoms with van der Waals surface area (Å²) in [5.74, 6) is 0.560. The monoisotopic (exact) mass is 227 g/mol. The molecule has 4 nitrogen and oxygen atoms in total. The third kappa shape index (κ3) is 2.74. The van der Waals surface area contributed by atoms with Crippen LogP contribution in [0.1, 0.15) is 34.6 Å². The second-order valence-electron chi connectivity index (χ2n) is 5.63. The molecular weight excluding hydrogens is 202 g/mol. The van der Waals surface area contributed by atoms with Gasteiger partial charge in [-0.15, -0.1) is 0 Å². The number of carbonyl (C=O) groups is 1. The third-order valence-corrected chi connectivity index (χ3v) is 3.50. The Bertz CT molecular complexity index is 257. The minimum Gasteiger partial charge on any atom is -0.353 e. The van der Waals surface area contributed by atoms with E-state index in [9.17, 15) is 4.79 Å². The Hall–Kier alpha value is -0.610. The minimum absolute atomic E-state index is 0.0715. The fourth-order valence-corrected chi connectivity index (χ4v) is 1.92. The van der Waals surface area contributed by atoms with E-state index < -0.39 is 0 Å². The first-order valence-corrected chi connectivity index (χ1v) is 6.09. The molecule has 0 bridgehead atoms. The number of nitrogens with one attached hydrogen (secondary N) is 1. The lowest BCUT2D eigenvalue weighted by Crippen LogP contribution is -2.73. The molecule has 1 rings (SSSR count). The molecular formula is C12H25N3O. The van der Waals surface area contributed by atoms with Gasteiger partial charge in [0.25, 0.3) is 0 Å². The zero-order chi connectivity index (χ0) is 12.5. The molecule has 16 heavy (non-hydrogen) atoms. The Labute approximate surface area is 98.6 Å². The van der Waals surface area contributed by atoms with Crippen molar-refractivity contribution < 1.29 is 4.79 Å². The summed E-state index contributed by atoms with van der Waals surface area (Å²) in [6.07, 6.45) is 0. The van der Waals surface area contributed by atoms with Crippen LogP contribution in [-0.4, -0.2) is 41.5 Å². The molecule has 1 unspecified atom stereocenters. The number of rotatable bonds is 4. The van der Waals surface area contributed by atoms with E-state index in [0.717, 1.165) is 13.1 Å². The lowest BCUT2D eigenvalue weighted by atomic mass is 9.79. The number of nitrogens with zero attached hydrogens (tertiary/aromatic N) is 1. The average molecular weight is 227 g/mol. The topological polar surface area (TPSA) is 58.4 Å². The fraction of sp³-hybridized carbons (Fsp3) is 0.917. The molecule has 0 radical (unpaired) electrons. The van der Waals surface area contributed by atoms with E-state index in [1.54, 1.807) is 0 Å². The van der Waals surface area contributed by atoms with Crippen molar-refractivity contribution in [2.75, 3.05) is 13.1 Å². The first kappa shape index (κ1) is 13.5. The number of nitrogens with two attached hydrogens (primary N) is 1. The van der Waals surface area contributed by atoms with Crippen molar-refractivity contribution in [1.29, 1.82) is 0 Å². The minimum atomic E-state index is -0.105. The van der Waals surface area contributed by atoms with Crippen LogP contribution in [-0.2, 0) is 4.79 Å². The molecule has 1 aliphatic rings. The second-order valence-corrected chi connectivity index (χ2v) is 5.63. The molecule has 0 spiro atoms. The fourth-order valence-electron chi connectivity index (χ4n) is 1.92. The highest BCUT2D eigenvalue weighted by atomic mass is 16.2. The Morgan fingerprint density at radius 3 is 2.12 bits per heavy atom. The summed E-state index contributed by atoms with van der Waals surface area (Å²) in [6.45, 7) is 11.8.